The molecule has 0 rings (SSSR count). The van der Waals surface area contributed by atoms with Crippen LogP contribution in [0.25, 0.3) is 0 Å². The first-order valence-electron chi connectivity index (χ1n) is 4.82. The van der Waals surface area contributed by atoms with Crippen LogP contribution in [0.2, 0.25) is 0 Å². The van der Waals surface area contributed by atoms with Crippen molar-refractivity contribution in [3.8, 4) is 0 Å². The molecule has 0 spiro atoms. The Hall–Kier alpha value is 0.730. The van der Waals surface area contributed by atoms with Gasteiger partial charge in [0, 0.05) is 6.67 Å². The van der Waals surface area contributed by atoms with E-state index in [0.717, 1.165) is 6.42 Å². The van der Waals surface area contributed by atoms with Crippen LogP contribution in [0.1, 0.15) is 48.6 Å². The first-order valence-corrected chi connectivity index (χ1v) is 4.91. The lowest BCUT2D eigenvalue weighted by molar-refractivity contribution is 0.637. The van der Waals surface area contributed by atoms with Gasteiger partial charge in [0.25, 0.3) is 0 Å². The second kappa shape index (κ2) is 6.84. The van der Waals surface area contributed by atoms with E-state index in [4.69, 9.17) is 2.74 Å². The molecule has 1 unspecified atom stereocenters. The zero-order valence-electron chi connectivity index (χ0n) is 8.07. The largest absolute Gasteiger partial charge is 0.0829 e. The molecule has 0 saturated heterocycles. The lowest BCUT2D eigenvalue weighted by Crippen LogP contribution is -1.88. The van der Waals surface area contributed by atoms with E-state index in [1.165, 1.54) is 25.7 Å². The fourth-order valence-corrected chi connectivity index (χ4v) is 1.21. The SMILES string of the molecule is [2H]C([2H])C(I)CCCCCC. The summed E-state index contributed by atoms with van der Waals surface area (Å²) in [6.07, 6.45) is 6.05. The molecule has 0 bridgehead atoms. The molecule has 0 saturated carbocycles. The van der Waals surface area contributed by atoms with E-state index >= 15 is 0 Å². The predicted octanol–water partition coefficient (Wildman–Crippen LogP) is 3.78. The number of halogens is 1. The summed E-state index contributed by atoms with van der Waals surface area (Å²) in [5.74, 6) is 0. The Morgan fingerprint density at radius 2 is 2.22 bits per heavy atom. The van der Waals surface area contributed by atoms with Crippen LogP contribution in [-0.2, 0) is 0 Å². The molecule has 9 heavy (non-hydrogen) atoms. The third kappa shape index (κ3) is 8.73. The first kappa shape index (κ1) is 6.44. The van der Waals surface area contributed by atoms with Crippen LogP contribution in [0.4, 0.5) is 0 Å². The van der Waals surface area contributed by atoms with Crippen LogP contribution in [0.15, 0.2) is 0 Å². The molecule has 0 aliphatic rings. The van der Waals surface area contributed by atoms with Gasteiger partial charge in [-0.05, 0) is 6.42 Å². The maximum Gasteiger partial charge on any atom is 0.0241 e. The molecule has 0 aliphatic carbocycles. The normalized spacial score (nSPS) is 17.2. The standard InChI is InChI=1S/C8H17I/c1-3-4-5-6-7-8(2)9/h8H,3-7H2,1-2H3/i2D2. The minimum Gasteiger partial charge on any atom is -0.0829 e. The molecule has 0 aromatic rings. The highest BCUT2D eigenvalue weighted by Crippen LogP contribution is 2.10. The maximum absolute atomic E-state index is 7.12. The highest BCUT2D eigenvalue weighted by molar-refractivity contribution is 14.1. The summed E-state index contributed by atoms with van der Waals surface area (Å²) in [6.45, 7) is 1.55. The van der Waals surface area contributed by atoms with Crippen LogP contribution in [0.5, 0.6) is 0 Å². The number of hydrogen-bond acceptors (Lipinski definition) is 0. The second-order valence-corrected chi connectivity index (χ2v) is 3.97. The van der Waals surface area contributed by atoms with Crippen LogP contribution in [-0.4, -0.2) is 3.92 Å². The fraction of sp³-hybridized carbons (Fsp3) is 1.00. The van der Waals surface area contributed by atoms with Crippen LogP contribution in [0.3, 0.4) is 0 Å². The molecule has 1 atom stereocenters. The molecule has 56 valence electrons. The van der Waals surface area contributed by atoms with Gasteiger partial charge in [0.15, 0.2) is 0 Å². The minimum absolute atomic E-state index is 0.226. The average Bonchev–Trinajstić information content (AvgIpc) is 1.97. The van der Waals surface area contributed by atoms with Gasteiger partial charge in [0.1, 0.15) is 0 Å². The Labute approximate surface area is 75.4 Å². The van der Waals surface area contributed by atoms with Crippen LogP contribution in [0, 0.1) is 0 Å². The molecule has 0 N–H and O–H groups in total. The number of alkyl halides is 1. The summed E-state index contributed by atoms with van der Waals surface area (Å²) in [5.41, 5.74) is 0. The van der Waals surface area contributed by atoms with E-state index in [9.17, 15) is 0 Å². The second-order valence-electron chi connectivity index (χ2n) is 2.37. The fourth-order valence-electron chi connectivity index (χ4n) is 0.766. The summed E-state index contributed by atoms with van der Waals surface area (Å²) in [6, 6.07) is 0. The van der Waals surface area contributed by atoms with Crippen molar-refractivity contribution >= 4 is 22.6 Å². The van der Waals surface area contributed by atoms with Gasteiger partial charge in [-0.3, -0.25) is 0 Å². The van der Waals surface area contributed by atoms with E-state index in [2.05, 4.69) is 29.5 Å². The van der Waals surface area contributed by atoms with Gasteiger partial charge < -0.3 is 0 Å². The smallest absolute Gasteiger partial charge is 0.0241 e. The zero-order chi connectivity index (χ0) is 8.69. The van der Waals surface area contributed by atoms with Gasteiger partial charge in [-0.15, -0.1) is 0 Å². The van der Waals surface area contributed by atoms with Crippen LogP contribution >= 0.6 is 22.6 Å². The van der Waals surface area contributed by atoms with Crippen molar-refractivity contribution in [3.05, 3.63) is 0 Å². The van der Waals surface area contributed by atoms with E-state index < -0.39 is 6.88 Å². The van der Waals surface area contributed by atoms with Crippen molar-refractivity contribution in [2.24, 2.45) is 0 Å². The van der Waals surface area contributed by atoms with E-state index in [0.29, 0.717) is 0 Å². The Kier molecular flexibility index (Phi) is 4.90. The Morgan fingerprint density at radius 3 is 2.78 bits per heavy atom. The van der Waals surface area contributed by atoms with Gasteiger partial charge >= 0.3 is 0 Å². The summed E-state index contributed by atoms with van der Waals surface area (Å²) in [5, 5.41) is 0. The highest BCUT2D eigenvalue weighted by Gasteiger charge is 1.93. The Bertz CT molecular complexity index is 86.2. The molecular weight excluding hydrogens is 223 g/mol. The van der Waals surface area contributed by atoms with Gasteiger partial charge in [-0.1, -0.05) is 62.1 Å². The van der Waals surface area contributed by atoms with E-state index in [-0.39, 0.29) is 3.92 Å². The van der Waals surface area contributed by atoms with Crippen molar-refractivity contribution < 1.29 is 2.74 Å². The van der Waals surface area contributed by atoms with Crippen molar-refractivity contribution in [2.45, 2.75) is 49.8 Å². The van der Waals surface area contributed by atoms with Gasteiger partial charge in [0.05, 0.1) is 0 Å². The molecule has 0 aromatic carbocycles. The summed E-state index contributed by atoms with van der Waals surface area (Å²) in [7, 11) is 0. The van der Waals surface area contributed by atoms with Crippen LogP contribution < -0.4 is 0 Å². The summed E-state index contributed by atoms with van der Waals surface area (Å²) < 4.78 is 14.5. The number of rotatable bonds is 5. The summed E-state index contributed by atoms with van der Waals surface area (Å²) >= 11 is 2.21. The first-order chi connectivity index (χ1) is 5.18. The van der Waals surface area contributed by atoms with E-state index in [1.807, 2.05) is 0 Å². The topological polar surface area (TPSA) is 0 Å². The van der Waals surface area contributed by atoms with Crippen molar-refractivity contribution in [1.29, 1.82) is 0 Å². The number of hydrogen-bond donors (Lipinski definition) is 0. The minimum atomic E-state index is -0.641. The maximum atomic E-state index is 7.12. The van der Waals surface area contributed by atoms with E-state index in [1.54, 1.807) is 0 Å². The van der Waals surface area contributed by atoms with Gasteiger partial charge in [0.2, 0.25) is 0 Å². The lowest BCUT2D eigenvalue weighted by Gasteiger charge is -2.00. The average molecular weight is 242 g/mol. The van der Waals surface area contributed by atoms with Gasteiger partial charge in [-0.2, -0.15) is 0 Å². The quantitative estimate of drug-likeness (QED) is 0.391. The molecule has 0 aliphatic heterocycles. The molecule has 0 aromatic heterocycles. The lowest BCUT2D eigenvalue weighted by atomic mass is 10.1. The zero-order valence-corrected chi connectivity index (χ0v) is 8.23. The Morgan fingerprint density at radius 1 is 1.44 bits per heavy atom. The van der Waals surface area contributed by atoms with Gasteiger partial charge in [-0.25, -0.2) is 0 Å². The molecule has 0 nitrogen and oxygen atoms in total. The highest BCUT2D eigenvalue weighted by atomic mass is 127. The number of unbranched alkanes of at least 4 members (excludes halogenated alkanes) is 3. The third-order valence-corrected chi connectivity index (χ3v) is 1.96. The third-order valence-electron chi connectivity index (χ3n) is 1.33. The molecule has 0 heterocycles. The summed E-state index contributed by atoms with van der Waals surface area (Å²) in [4.78, 5) is 0. The predicted molar refractivity (Wildman–Crippen MR) is 52.2 cm³/mol. The molecule has 0 amide bonds. The van der Waals surface area contributed by atoms with Crippen molar-refractivity contribution in [1.82, 2.24) is 0 Å². The van der Waals surface area contributed by atoms with Crippen molar-refractivity contribution in [3.63, 3.8) is 0 Å². The molecule has 0 radical (unpaired) electrons. The molecule has 1 heteroatoms. The van der Waals surface area contributed by atoms with Crippen molar-refractivity contribution in [2.75, 3.05) is 0 Å². The Balaban J connectivity index is 3.10. The molecule has 0 fully saturated rings. The monoisotopic (exact) mass is 242 g/mol. The molecular formula is C8H17I.